The SMILES string of the molecule is CCCCCOc1c(C#N)c(C#N)c(OCCCCC)c2c1C1(c3ccccc3)C=CC2(c2ccccc2)O1. The molecule has 5 rings (SSSR count). The molecule has 0 spiro atoms. The molecule has 0 aromatic heterocycles. The van der Waals surface area contributed by atoms with Crippen LogP contribution in [0.1, 0.15) is 85.8 Å². The van der Waals surface area contributed by atoms with Crippen LogP contribution in [0.3, 0.4) is 0 Å². The second-order valence-electron chi connectivity index (χ2n) is 10.1. The average molecular weight is 519 g/mol. The number of nitrogens with zero attached hydrogens (tertiary/aromatic N) is 2. The number of rotatable bonds is 12. The molecule has 2 unspecified atom stereocenters. The number of ether oxygens (including phenoxy) is 3. The maximum Gasteiger partial charge on any atom is 0.145 e. The summed E-state index contributed by atoms with van der Waals surface area (Å²) in [4.78, 5) is 0. The van der Waals surface area contributed by atoms with Crippen LogP contribution < -0.4 is 9.47 Å². The number of hydrogen-bond donors (Lipinski definition) is 0. The summed E-state index contributed by atoms with van der Waals surface area (Å²) in [5.74, 6) is 0.846. The highest BCUT2D eigenvalue weighted by atomic mass is 16.5. The average Bonchev–Trinajstić information content (AvgIpc) is 3.54. The van der Waals surface area contributed by atoms with Gasteiger partial charge in [-0.3, -0.25) is 0 Å². The highest BCUT2D eigenvalue weighted by molar-refractivity contribution is 5.77. The van der Waals surface area contributed by atoms with E-state index in [0.717, 1.165) is 60.8 Å². The molecule has 0 radical (unpaired) electrons. The third-order valence-corrected chi connectivity index (χ3v) is 7.64. The van der Waals surface area contributed by atoms with Crippen LogP contribution in [-0.4, -0.2) is 13.2 Å². The summed E-state index contributed by atoms with van der Waals surface area (Å²) in [6, 6.07) is 24.6. The van der Waals surface area contributed by atoms with Gasteiger partial charge in [-0.1, -0.05) is 100 Å². The standard InChI is InChI=1S/C34H34N2O3/c1-3-5-13-21-37-31-27(23-35)28(24-36)32(38-22-14-6-4-2)30-29(31)33(25-15-9-7-10-16-25)19-20-34(30,39-33)26-17-11-8-12-18-26/h7-12,15-20H,3-6,13-14,21-22H2,1-2H3. The Morgan fingerprint density at radius 1 is 0.641 bits per heavy atom. The van der Waals surface area contributed by atoms with E-state index in [4.69, 9.17) is 14.2 Å². The number of nitriles is 2. The molecule has 2 atom stereocenters. The van der Waals surface area contributed by atoms with Gasteiger partial charge in [-0.25, -0.2) is 0 Å². The molecule has 0 N–H and O–H groups in total. The predicted molar refractivity (Wildman–Crippen MR) is 151 cm³/mol. The molecule has 2 aliphatic rings. The summed E-state index contributed by atoms with van der Waals surface area (Å²) < 4.78 is 20.0. The van der Waals surface area contributed by atoms with Crippen molar-refractivity contribution in [1.29, 1.82) is 10.5 Å². The first-order valence-electron chi connectivity index (χ1n) is 14.0. The van der Waals surface area contributed by atoms with E-state index < -0.39 is 11.2 Å². The number of hydrogen-bond acceptors (Lipinski definition) is 5. The molecule has 198 valence electrons. The highest BCUT2D eigenvalue weighted by Crippen LogP contribution is 2.65. The Balaban J connectivity index is 1.83. The van der Waals surface area contributed by atoms with Gasteiger partial charge < -0.3 is 14.2 Å². The van der Waals surface area contributed by atoms with Crippen molar-refractivity contribution in [2.24, 2.45) is 0 Å². The summed E-state index contributed by atoms with van der Waals surface area (Å²) in [5.41, 5.74) is 1.82. The van der Waals surface area contributed by atoms with Gasteiger partial charge in [0.25, 0.3) is 0 Å². The minimum absolute atomic E-state index is 0.210. The fraction of sp³-hybridized carbons (Fsp3) is 0.353. The second kappa shape index (κ2) is 11.4. The van der Waals surface area contributed by atoms with E-state index >= 15 is 0 Å². The zero-order valence-corrected chi connectivity index (χ0v) is 22.7. The molecular weight excluding hydrogens is 484 g/mol. The van der Waals surface area contributed by atoms with Gasteiger partial charge in [0.2, 0.25) is 0 Å². The summed E-state index contributed by atoms with van der Waals surface area (Å²) in [6.45, 7) is 5.18. The lowest BCUT2D eigenvalue weighted by atomic mass is 9.74. The van der Waals surface area contributed by atoms with Gasteiger partial charge in [-0.15, -0.1) is 0 Å². The van der Waals surface area contributed by atoms with Crippen molar-refractivity contribution in [3.63, 3.8) is 0 Å². The molecule has 2 aliphatic heterocycles. The highest BCUT2D eigenvalue weighted by Gasteiger charge is 2.61. The molecule has 3 aromatic rings. The van der Waals surface area contributed by atoms with Crippen LogP contribution in [0.4, 0.5) is 0 Å². The van der Waals surface area contributed by atoms with Crippen molar-refractivity contribution in [3.8, 4) is 23.6 Å². The van der Waals surface area contributed by atoms with E-state index in [1.54, 1.807) is 0 Å². The van der Waals surface area contributed by atoms with Crippen molar-refractivity contribution >= 4 is 0 Å². The first kappa shape index (κ1) is 26.5. The molecule has 3 aromatic carbocycles. The van der Waals surface area contributed by atoms with Crippen LogP contribution in [0.5, 0.6) is 11.5 Å². The Labute approximate surface area is 231 Å². The van der Waals surface area contributed by atoms with E-state index in [-0.39, 0.29) is 11.1 Å². The first-order valence-corrected chi connectivity index (χ1v) is 14.0. The normalized spacial score (nSPS) is 20.3. The van der Waals surface area contributed by atoms with Gasteiger partial charge in [0.1, 0.15) is 46.0 Å². The summed E-state index contributed by atoms with van der Waals surface area (Å²) >= 11 is 0. The molecule has 39 heavy (non-hydrogen) atoms. The molecule has 5 nitrogen and oxygen atoms in total. The quantitative estimate of drug-likeness (QED) is 0.182. The molecule has 0 amide bonds. The maximum absolute atomic E-state index is 10.4. The van der Waals surface area contributed by atoms with E-state index in [0.29, 0.717) is 24.7 Å². The van der Waals surface area contributed by atoms with E-state index in [1.165, 1.54) is 0 Å². The van der Waals surface area contributed by atoms with E-state index in [1.807, 2.05) is 60.7 Å². The second-order valence-corrected chi connectivity index (χ2v) is 10.1. The fourth-order valence-electron chi connectivity index (χ4n) is 5.76. The Hall–Kier alpha value is -4.06. The van der Waals surface area contributed by atoms with Gasteiger partial charge in [0.05, 0.1) is 13.2 Å². The first-order chi connectivity index (χ1) is 19.2. The number of fused-ring (bicyclic) bond motifs is 5. The zero-order valence-electron chi connectivity index (χ0n) is 22.7. The van der Waals surface area contributed by atoms with Crippen molar-refractivity contribution in [2.75, 3.05) is 13.2 Å². The smallest absolute Gasteiger partial charge is 0.145 e. The lowest BCUT2D eigenvalue weighted by Gasteiger charge is -2.29. The molecule has 2 heterocycles. The Morgan fingerprint density at radius 2 is 1.05 bits per heavy atom. The van der Waals surface area contributed by atoms with Crippen molar-refractivity contribution in [3.05, 3.63) is 106 Å². The maximum atomic E-state index is 10.4. The van der Waals surface area contributed by atoms with Gasteiger partial charge >= 0.3 is 0 Å². The van der Waals surface area contributed by atoms with Crippen molar-refractivity contribution < 1.29 is 14.2 Å². The minimum atomic E-state index is -0.992. The minimum Gasteiger partial charge on any atom is -0.492 e. The Morgan fingerprint density at radius 3 is 1.41 bits per heavy atom. The lowest BCUT2D eigenvalue weighted by molar-refractivity contribution is -0.0251. The van der Waals surface area contributed by atoms with Gasteiger partial charge in [0.15, 0.2) is 0 Å². The van der Waals surface area contributed by atoms with E-state index in [9.17, 15) is 10.5 Å². The number of unbranched alkanes of at least 4 members (excludes halogenated alkanes) is 4. The molecule has 2 bridgehead atoms. The van der Waals surface area contributed by atoms with E-state index in [2.05, 4.69) is 38.1 Å². The molecule has 0 fully saturated rings. The Bertz CT molecular complexity index is 1330. The molecular formula is C34H34N2O3. The molecule has 5 heteroatoms. The largest absolute Gasteiger partial charge is 0.492 e. The lowest BCUT2D eigenvalue weighted by Crippen LogP contribution is -2.26. The molecule has 0 aliphatic carbocycles. The van der Waals surface area contributed by atoms with Crippen LogP contribution in [0.15, 0.2) is 72.8 Å². The topological polar surface area (TPSA) is 75.3 Å². The molecule has 0 saturated heterocycles. The predicted octanol–water partition coefficient (Wildman–Crippen LogP) is 7.66. The van der Waals surface area contributed by atoms with Crippen LogP contribution in [0.2, 0.25) is 0 Å². The monoisotopic (exact) mass is 518 g/mol. The van der Waals surface area contributed by atoms with Crippen LogP contribution in [0, 0.1) is 22.7 Å². The van der Waals surface area contributed by atoms with Gasteiger partial charge in [-0.2, -0.15) is 10.5 Å². The summed E-state index contributed by atoms with van der Waals surface area (Å²) in [5, 5.41) is 20.8. The molecule has 0 saturated carbocycles. The van der Waals surface area contributed by atoms with Gasteiger partial charge in [-0.05, 0) is 36.1 Å². The third-order valence-electron chi connectivity index (χ3n) is 7.64. The van der Waals surface area contributed by atoms with Crippen LogP contribution >= 0.6 is 0 Å². The van der Waals surface area contributed by atoms with Crippen LogP contribution in [-0.2, 0) is 15.9 Å². The van der Waals surface area contributed by atoms with Crippen LogP contribution in [0.25, 0.3) is 0 Å². The van der Waals surface area contributed by atoms with Gasteiger partial charge in [0, 0.05) is 11.1 Å². The van der Waals surface area contributed by atoms with Crippen molar-refractivity contribution in [1.82, 2.24) is 0 Å². The fourth-order valence-corrected chi connectivity index (χ4v) is 5.76. The zero-order chi connectivity index (χ0) is 27.3. The summed E-state index contributed by atoms with van der Waals surface area (Å²) in [6.07, 6.45) is 9.99. The third kappa shape index (κ3) is 4.38. The Kier molecular flexibility index (Phi) is 7.73. The number of benzene rings is 3. The van der Waals surface area contributed by atoms with Crippen molar-refractivity contribution in [2.45, 2.75) is 63.6 Å². The summed E-state index contributed by atoms with van der Waals surface area (Å²) in [7, 11) is 0.